The van der Waals surface area contributed by atoms with E-state index >= 15 is 0 Å². The fraction of sp³-hybridized carbons (Fsp3) is 0.385. The molecular formula is C13H17NO3. The minimum Gasteiger partial charge on any atom is -0.478 e. The topological polar surface area (TPSA) is 59.3 Å². The van der Waals surface area contributed by atoms with Gasteiger partial charge < -0.3 is 9.67 Å². The van der Waals surface area contributed by atoms with Gasteiger partial charge in [-0.3, -0.25) is 4.79 Å². The molecule has 0 saturated heterocycles. The maximum Gasteiger partial charge on any atom is 0.328 e. The molecule has 4 heteroatoms. The van der Waals surface area contributed by atoms with E-state index in [4.69, 9.17) is 5.11 Å². The first-order chi connectivity index (χ1) is 7.73. The van der Waals surface area contributed by atoms with E-state index in [1.165, 1.54) is 6.08 Å². The third-order valence-electron chi connectivity index (χ3n) is 2.51. The Balaban J connectivity index is 3.30. The van der Waals surface area contributed by atoms with Crippen LogP contribution in [0.2, 0.25) is 0 Å². The molecule has 0 spiro atoms. The molecule has 0 unspecified atom stereocenters. The number of rotatable bonds is 2. The van der Waals surface area contributed by atoms with Gasteiger partial charge in [-0.1, -0.05) is 20.8 Å². The van der Waals surface area contributed by atoms with Gasteiger partial charge in [0.1, 0.15) is 0 Å². The summed E-state index contributed by atoms with van der Waals surface area (Å²) in [7, 11) is 1.70. The summed E-state index contributed by atoms with van der Waals surface area (Å²) in [5.74, 6) is -1.06. The summed E-state index contributed by atoms with van der Waals surface area (Å²) in [6.45, 7) is 6.07. The van der Waals surface area contributed by atoms with E-state index in [0.29, 0.717) is 5.56 Å². The summed E-state index contributed by atoms with van der Waals surface area (Å²) in [5.41, 5.74) is 0.982. The summed E-state index contributed by atoms with van der Waals surface area (Å²) < 4.78 is 1.56. The second-order valence-electron chi connectivity index (χ2n) is 4.96. The van der Waals surface area contributed by atoms with Crippen LogP contribution in [0.5, 0.6) is 0 Å². The lowest BCUT2D eigenvalue weighted by Crippen LogP contribution is -2.28. The van der Waals surface area contributed by atoms with Gasteiger partial charge in [0.05, 0.1) is 0 Å². The van der Waals surface area contributed by atoms with Crippen LogP contribution >= 0.6 is 0 Å². The minimum atomic E-state index is -1.06. The van der Waals surface area contributed by atoms with Crippen molar-refractivity contribution in [3.63, 3.8) is 0 Å². The standard InChI is InChI=1S/C13H17NO3/c1-13(2,3)10-7-5-9(6-8-11(15)16)12(17)14(10)4/h5-8H,1-4H3,(H,15,16)/b8-6+. The van der Waals surface area contributed by atoms with Crippen LogP contribution in [-0.4, -0.2) is 15.6 Å². The highest BCUT2D eigenvalue weighted by Crippen LogP contribution is 2.20. The summed E-state index contributed by atoms with van der Waals surface area (Å²) in [4.78, 5) is 22.4. The van der Waals surface area contributed by atoms with Gasteiger partial charge in [-0.15, -0.1) is 0 Å². The second kappa shape index (κ2) is 4.57. The van der Waals surface area contributed by atoms with Gasteiger partial charge in [0.2, 0.25) is 0 Å². The molecule has 1 rings (SSSR count). The number of carbonyl (C=O) groups is 1. The van der Waals surface area contributed by atoms with Crippen LogP contribution < -0.4 is 5.56 Å². The predicted octanol–water partition coefficient (Wildman–Crippen LogP) is 1.78. The molecule has 0 aliphatic carbocycles. The van der Waals surface area contributed by atoms with Gasteiger partial charge in [0.15, 0.2) is 0 Å². The first-order valence-corrected chi connectivity index (χ1v) is 5.35. The Morgan fingerprint density at radius 2 is 1.94 bits per heavy atom. The molecule has 0 amide bonds. The predicted molar refractivity (Wildman–Crippen MR) is 67.1 cm³/mol. The van der Waals surface area contributed by atoms with E-state index in [2.05, 4.69) is 0 Å². The SMILES string of the molecule is Cn1c(C(C)(C)C)ccc(/C=C/C(=O)O)c1=O. The Morgan fingerprint density at radius 1 is 1.35 bits per heavy atom. The molecule has 4 nitrogen and oxygen atoms in total. The lowest BCUT2D eigenvalue weighted by molar-refractivity contribution is -0.131. The van der Waals surface area contributed by atoms with Crippen LogP contribution in [0.1, 0.15) is 32.0 Å². The van der Waals surface area contributed by atoms with Gasteiger partial charge in [-0.05, 0) is 18.2 Å². The molecule has 0 aliphatic heterocycles. The van der Waals surface area contributed by atoms with Crippen LogP contribution in [0.4, 0.5) is 0 Å². The van der Waals surface area contributed by atoms with Crippen molar-refractivity contribution in [2.45, 2.75) is 26.2 Å². The van der Waals surface area contributed by atoms with Crippen LogP contribution in [0.15, 0.2) is 23.0 Å². The molecule has 0 atom stereocenters. The third-order valence-corrected chi connectivity index (χ3v) is 2.51. The maximum atomic E-state index is 12.0. The van der Waals surface area contributed by atoms with E-state index in [1.54, 1.807) is 17.7 Å². The molecule has 0 aromatic carbocycles. The molecule has 0 aliphatic rings. The molecule has 1 aromatic rings. The first kappa shape index (κ1) is 13.2. The molecular weight excluding hydrogens is 218 g/mol. The van der Waals surface area contributed by atoms with Gasteiger partial charge in [-0.25, -0.2) is 4.79 Å². The van der Waals surface area contributed by atoms with Crippen molar-refractivity contribution < 1.29 is 9.90 Å². The summed E-state index contributed by atoms with van der Waals surface area (Å²) >= 11 is 0. The summed E-state index contributed by atoms with van der Waals surface area (Å²) in [6, 6.07) is 3.51. The molecule has 0 fully saturated rings. The van der Waals surface area contributed by atoms with Gasteiger partial charge in [-0.2, -0.15) is 0 Å². The van der Waals surface area contributed by atoms with Crippen molar-refractivity contribution in [3.05, 3.63) is 39.8 Å². The number of carboxylic acid groups (broad SMARTS) is 1. The molecule has 1 aromatic heterocycles. The Kier molecular flexibility index (Phi) is 3.56. The summed E-state index contributed by atoms with van der Waals surface area (Å²) in [5, 5.41) is 8.52. The van der Waals surface area contributed by atoms with E-state index < -0.39 is 5.97 Å². The zero-order valence-corrected chi connectivity index (χ0v) is 10.5. The van der Waals surface area contributed by atoms with Crippen LogP contribution in [0.3, 0.4) is 0 Å². The van der Waals surface area contributed by atoms with Gasteiger partial charge in [0, 0.05) is 29.8 Å². The molecule has 1 heterocycles. The van der Waals surface area contributed by atoms with Crippen LogP contribution in [0.25, 0.3) is 6.08 Å². The molecule has 0 radical (unpaired) electrons. The number of nitrogens with zero attached hydrogens (tertiary/aromatic N) is 1. The number of carboxylic acids is 1. The highest BCUT2D eigenvalue weighted by molar-refractivity contribution is 5.85. The second-order valence-corrected chi connectivity index (χ2v) is 4.96. The Labute approximate surface area is 100 Å². The Hall–Kier alpha value is -1.84. The van der Waals surface area contributed by atoms with Crippen molar-refractivity contribution in [1.82, 2.24) is 4.57 Å². The van der Waals surface area contributed by atoms with Crippen LogP contribution in [-0.2, 0) is 17.3 Å². The number of aliphatic carboxylic acids is 1. The fourth-order valence-electron chi connectivity index (χ4n) is 1.70. The zero-order valence-electron chi connectivity index (χ0n) is 10.5. The summed E-state index contributed by atoms with van der Waals surface area (Å²) in [6.07, 6.45) is 2.28. The maximum absolute atomic E-state index is 12.0. The lowest BCUT2D eigenvalue weighted by atomic mass is 9.91. The average Bonchev–Trinajstić information content (AvgIpc) is 2.18. The number of hydrogen-bond acceptors (Lipinski definition) is 2. The average molecular weight is 235 g/mol. The van der Waals surface area contributed by atoms with Crippen molar-refractivity contribution in [3.8, 4) is 0 Å². The third kappa shape index (κ3) is 3.06. The number of pyridine rings is 1. The van der Waals surface area contributed by atoms with E-state index in [1.807, 2.05) is 26.8 Å². The number of aromatic nitrogens is 1. The largest absolute Gasteiger partial charge is 0.478 e. The molecule has 92 valence electrons. The minimum absolute atomic E-state index is 0.122. The molecule has 0 saturated carbocycles. The lowest BCUT2D eigenvalue weighted by Gasteiger charge is -2.22. The Bertz CT molecular complexity index is 518. The number of hydrogen-bond donors (Lipinski definition) is 1. The molecule has 17 heavy (non-hydrogen) atoms. The van der Waals surface area contributed by atoms with E-state index in [-0.39, 0.29) is 11.0 Å². The quantitative estimate of drug-likeness (QED) is 0.795. The molecule has 1 N–H and O–H groups in total. The van der Waals surface area contributed by atoms with Crippen molar-refractivity contribution in [2.75, 3.05) is 0 Å². The highest BCUT2D eigenvalue weighted by Gasteiger charge is 2.17. The van der Waals surface area contributed by atoms with E-state index in [9.17, 15) is 9.59 Å². The molecule has 0 bridgehead atoms. The van der Waals surface area contributed by atoms with Crippen molar-refractivity contribution >= 4 is 12.0 Å². The first-order valence-electron chi connectivity index (χ1n) is 5.35. The van der Waals surface area contributed by atoms with Crippen LogP contribution in [0, 0.1) is 0 Å². The van der Waals surface area contributed by atoms with E-state index in [0.717, 1.165) is 11.8 Å². The van der Waals surface area contributed by atoms with Gasteiger partial charge >= 0.3 is 5.97 Å². The Morgan fingerprint density at radius 3 is 2.41 bits per heavy atom. The van der Waals surface area contributed by atoms with Crippen molar-refractivity contribution in [1.29, 1.82) is 0 Å². The smallest absolute Gasteiger partial charge is 0.328 e. The normalized spacial score (nSPS) is 12.0. The monoisotopic (exact) mass is 235 g/mol. The fourth-order valence-corrected chi connectivity index (χ4v) is 1.70. The van der Waals surface area contributed by atoms with Crippen molar-refractivity contribution in [2.24, 2.45) is 7.05 Å². The highest BCUT2D eigenvalue weighted by atomic mass is 16.4. The zero-order chi connectivity index (χ0) is 13.2. The van der Waals surface area contributed by atoms with Gasteiger partial charge in [0.25, 0.3) is 5.56 Å².